The molecule has 128 valence electrons. The van der Waals surface area contributed by atoms with Crippen LogP contribution in [0.25, 0.3) is 0 Å². The number of benzene rings is 1. The lowest BCUT2D eigenvalue weighted by atomic mass is 9.87. The zero-order valence-corrected chi connectivity index (χ0v) is 13.4. The molecule has 1 amide bonds. The molecule has 1 heterocycles. The van der Waals surface area contributed by atoms with Gasteiger partial charge in [-0.3, -0.25) is 4.79 Å². The smallest absolute Gasteiger partial charge is 0.388 e. The third-order valence-corrected chi connectivity index (χ3v) is 4.95. The summed E-state index contributed by atoms with van der Waals surface area (Å²) in [6.07, 6.45) is -3.48. The summed E-state index contributed by atoms with van der Waals surface area (Å²) in [6, 6.07) is 9.37. The normalized spacial score (nSPS) is 18.0. The monoisotopic (exact) mass is 347 g/mol. The van der Waals surface area contributed by atoms with Crippen LogP contribution in [0.15, 0.2) is 30.3 Å². The van der Waals surface area contributed by atoms with Crippen molar-refractivity contribution < 1.29 is 23.1 Å². The van der Waals surface area contributed by atoms with E-state index in [1.165, 1.54) is 0 Å². The second kappa shape index (κ2) is 8.06. The van der Waals surface area contributed by atoms with Crippen molar-refractivity contribution in [3.8, 4) is 0 Å². The maximum atomic E-state index is 12.1. The van der Waals surface area contributed by atoms with Crippen molar-refractivity contribution in [2.45, 2.75) is 25.1 Å². The number of aliphatic hydroxyl groups is 1. The number of carbonyl (C=O) groups excluding carboxylic acids is 1. The standard InChI is InChI=1S/C16H20F3NO2S/c17-16(18,19)11-23-10-14(21)20-8-6-13(7-9-20)15(22)12-4-2-1-3-5-12/h1-5,13,15,22H,6-11H2. The fraction of sp³-hybridized carbons (Fsp3) is 0.562. The van der Waals surface area contributed by atoms with Crippen LogP contribution in [0.3, 0.4) is 0 Å². The quantitative estimate of drug-likeness (QED) is 0.889. The van der Waals surface area contributed by atoms with E-state index in [0.29, 0.717) is 37.7 Å². The average molecular weight is 347 g/mol. The number of nitrogens with zero attached hydrogens (tertiary/aromatic N) is 1. The van der Waals surface area contributed by atoms with Crippen LogP contribution in [0.1, 0.15) is 24.5 Å². The molecule has 0 aliphatic carbocycles. The highest BCUT2D eigenvalue weighted by Crippen LogP contribution is 2.31. The third kappa shape index (κ3) is 5.73. The molecule has 1 fully saturated rings. The van der Waals surface area contributed by atoms with Crippen molar-refractivity contribution >= 4 is 17.7 Å². The molecule has 3 nitrogen and oxygen atoms in total. The molecule has 1 aliphatic rings. The Hall–Kier alpha value is -1.21. The lowest BCUT2D eigenvalue weighted by molar-refractivity contribution is -0.130. The molecule has 23 heavy (non-hydrogen) atoms. The van der Waals surface area contributed by atoms with Crippen LogP contribution in [-0.2, 0) is 4.79 Å². The molecule has 1 unspecified atom stereocenters. The first-order valence-corrected chi connectivity index (χ1v) is 8.67. The van der Waals surface area contributed by atoms with Gasteiger partial charge in [-0.15, -0.1) is 11.8 Å². The summed E-state index contributed by atoms with van der Waals surface area (Å²) in [4.78, 5) is 13.5. The number of amides is 1. The van der Waals surface area contributed by atoms with Gasteiger partial charge >= 0.3 is 6.18 Å². The average Bonchev–Trinajstić information content (AvgIpc) is 2.54. The molecule has 2 rings (SSSR count). The number of thioether (sulfide) groups is 1. The van der Waals surface area contributed by atoms with Gasteiger partial charge in [0, 0.05) is 13.1 Å². The summed E-state index contributed by atoms with van der Waals surface area (Å²) in [5, 5.41) is 10.4. The van der Waals surface area contributed by atoms with Crippen LogP contribution >= 0.6 is 11.8 Å². The fourth-order valence-corrected chi connectivity index (χ4v) is 3.42. The van der Waals surface area contributed by atoms with Gasteiger partial charge in [0.05, 0.1) is 17.6 Å². The second-order valence-electron chi connectivity index (χ2n) is 5.68. The third-order valence-electron chi connectivity index (χ3n) is 3.97. The summed E-state index contributed by atoms with van der Waals surface area (Å²) in [5.74, 6) is -1.33. The van der Waals surface area contributed by atoms with Gasteiger partial charge in [0.2, 0.25) is 5.91 Å². The Morgan fingerprint density at radius 2 is 1.87 bits per heavy atom. The molecule has 1 N–H and O–H groups in total. The van der Waals surface area contributed by atoms with Crippen LogP contribution in [-0.4, -0.2) is 46.7 Å². The van der Waals surface area contributed by atoms with E-state index < -0.39 is 18.0 Å². The summed E-state index contributed by atoms with van der Waals surface area (Å²) < 4.78 is 36.2. The van der Waals surface area contributed by atoms with Crippen molar-refractivity contribution in [1.82, 2.24) is 4.90 Å². The summed E-state index contributed by atoms with van der Waals surface area (Å²) in [7, 11) is 0. The first-order chi connectivity index (χ1) is 10.9. The minimum atomic E-state index is -4.24. The Labute approximate surface area is 137 Å². The van der Waals surface area contributed by atoms with Crippen molar-refractivity contribution in [2.75, 3.05) is 24.6 Å². The Morgan fingerprint density at radius 1 is 1.26 bits per heavy atom. The summed E-state index contributed by atoms with van der Waals surface area (Å²) in [5.41, 5.74) is 0.859. The van der Waals surface area contributed by atoms with E-state index in [1.54, 1.807) is 4.90 Å². The summed E-state index contributed by atoms with van der Waals surface area (Å²) in [6.45, 7) is 0.972. The predicted molar refractivity (Wildman–Crippen MR) is 84.1 cm³/mol. The van der Waals surface area contributed by atoms with E-state index in [4.69, 9.17) is 0 Å². The van der Waals surface area contributed by atoms with Crippen molar-refractivity contribution in [3.05, 3.63) is 35.9 Å². The maximum Gasteiger partial charge on any atom is 0.397 e. The van der Waals surface area contributed by atoms with Gasteiger partial charge in [-0.1, -0.05) is 30.3 Å². The highest BCUT2D eigenvalue weighted by atomic mass is 32.2. The number of hydrogen-bond acceptors (Lipinski definition) is 3. The molecular formula is C16H20F3NO2S. The molecule has 1 aromatic carbocycles. The highest BCUT2D eigenvalue weighted by molar-refractivity contribution is 8.00. The molecule has 7 heteroatoms. The SMILES string of the molecule is O=C(CSCC(F)(F)F)N1CCC(C(O)c2ccccc2)CC1. The molecule has 0 radical (unpaired) electrons. The van der Waals surface area contributed by atoms with Crippen LogP contribution in [0, 0.1) is 5.92 Å². The number of alkyl halides is 3. The lowest BCUT2D eigenvalue weighted by Crippen LogP contribution is -2.40. The van der Waals surface area contributed by atoms with Gasteiger partial charge < -0.3 is 10.0 Å². The van der Waals surface area contributed by atoms with Crippen LogP contribution in [0.2, 0.25) is 0 Å². The Bertz CT molecular complexity index is 502. The van der Waals surface area contributed by atoms with E-state index >= 15 is 0 Å². The maximum absolute atomic E-state index is 12.1. The van der Waals surface area contributed by atoms with Crippen LogP contribution < -0.4 is 0 Å². The molecule has 1 aliphatic heterocycles. The molecule has 0 aromatic heterocycles. The highest BCUT2D eigenvalue weighted by Gasteiger charge is 2.30. The largest absolute Gasteiger partial charge is 0.397 e. The Morgan fingerprint density at radius 3 is 2.43 bits per heavy atom. The zero-order chi connectivity index (χ0) is 16.9. The minimum absolute atomic E-state index is 0.0734. The van der Waals surface area contributed by atoms with E-state index in [0.717, 1.165) is 5.56 Å². The number of aliphatic hydroxyl groups excluding tert-OH is 1. The van der Waals surface area contributed by atoms with Crippen molar-refractivity contribution in [2.24, 2.45) is 5.92 Å². The fourth-order valence-electron chi connectivity index (χ4n) is 2.73. The van der Waals surface area contributed by atoms with E-state index in [9.17, 15) is 23.1 Å². The molecule has 1 atom stereocenters. The Balaban J connectivity index is 1.76. The van der Waals surface area contributed by atoms with Crippen LogP contribution in [0.4, 0.5) is 13.2 Å². The van der Waals surface area contributed by atoms with Crippen molar-refractivity contribution in [1.29, 1.82) is 0 Å². The molecule has 0 bridgehead atoms. The van der Waals surface area contributed by atoms with Gasteiger partial charge in [0.15, 0.2) is 0 Å². The number of hydrogen-bond donors (Lipinski definition) is 1. The second-order valence-corrected chi connectivity index (χ2v) is 6.67. The number of likely N-dealkylation sites (tertiary alicyclic amines) is 1. The van der Waals surface area contributed by atoms with Gasteiger partial charge in [0.1, 0.15) is 0 Å². The molecule has 1 aromatic rings. The lowest BCUT2D eigenvalue weighted by Gasteiger charge is -2.34. The first-order valence-electron chi connectivity index (χ1n) is 7.52. The number of rotatable bonds is 5. The summed E-state index contributed by atoms with van der Waals surface area (Å²) >= 11 is 0.600. The molecule has 0 spiro atoms. The first kappa shape index (κ1) is 18.1. The number of piperidine rings is 1. The molecular weight excluding hydrogens is 327 g/mol. The number of carbonyl (C=O) groups is 1. The minimum Gasteiger partial charge on any atom is -0.388 e. The van der Waals surface area contributed by atoms with Gasteiger partial charge in [-0.2, -0.15) is 13.2 Å². The van der Waals surface area contributed by atoms with Crippen LogP contribution in [0.5, 0.6) is 0 Å². The zero-order valence-electron chi connectivity index (χ0n) is 12.6. The predicted octanol–water partition coefficient (Wildman–Crippen LogP) is 3.25. The van der Waals surface area contributed by atoms with Gasteiger partial charge in [0.25, 0.3) is 0 Å². The van der Waals surface area contributed by atoms with E-state index in [1.807, 2.05) is 30.3 Å². The molecule has 1 saturated heterocycles. The van der Waals surface area contributed by atoms with E-state index in [2.05, 4.69) is 0 Å². The van der Waals surface area contributed by atoms with E-state index in [-0.39, 0.29) is 17.6 Å². The Kier molecular flexibility index (Phi) is 6.35. The van der Waals surface area contributed by atoms with Gasteiger partial charge in [-0.25, -0.2) is 0 Å². The van der Waals surface area contributed by atoms with Gasteiger partial charge in [-0.05, 0) is 24.3 Å². The topological polar surface area (TPSA) is 40.5 Å². The number of halogens is 3. The van der Waals surface area contributed by atoms with Crippen molar-refractivity contribution in [3.63, 3.8) is 0 Å². The molecule has 0 saturated carbocycles.